The zero-order chi connectivity index (χ0) is 22.1. The Morgan fingerprint density at radius 1 is 1.12 bits per heavy atom. The molecule has 0 amide bonds. The fourth-order valence-electron chi connectivity index (χ4n) is 4.11. The van der Waals surface area contributed by atoms with Crippen LogP contribution >= 0.6 is 11.8 Å². The highest BCUT2D eigenvalue weighted by Gasteiger charge is 2.21. The van der Waals surface area contributed by atoms with Crippen molar-refractivity contribution in [2.45, 2.75) is 18.3 Å². The molecule has 0 N–H and O–H groups in total. The van der Waals surface area contributed by atoms with E-state index in [1.54, 1.807) is 17.8 Å². The summed E-state index contributed by atoms with van der Waals surface area (Å²) in [4.78, 5) is 17.0. The molecule has 0 radical (unpaired) electrons. The molecule has 160 valence electrons. The van der Waals surface area contributed by atoms with Crippen molar-refractivity contribution >= 4 is 34.3 Å². The van der Waals surface area contributed by atoms with E-state index >= 15 is 0 Å². The number of methoxy groups -OCH3 is 1. The maximum absolute atomic E-state index is 12.2. The number of rotatable bonds is 4. The number of carbonyl (C=O) groups is 1. The van der Waals surface area contributed by atoms with Crippen LogP contribution in [0.5, 0.6) is 5.75 Å². The minimum absolute atomic E-state index is 0.366. The van der Waals surface area contributed by atoms with Gasteiger partial charge in [0.25, 0.3) is 0 Å². The van der Waals surface area contributed by atoms with Crippen molar-refractivity contribution < 1.29 is 14.3 Å². The van der Waals surface area contributed by atoms with Crippen LogP contribution in [0.4, 0.5) is 0 Å². The van der Waals surface area contributed by atoms with Gasteiger partial charge >= 0.3 is 5.97 Å². The van der Waals surface area contributed by atoms with Crippen LogP contribution in [0.2, 0.25) is 0 Å². The summed E-state index contributed by atoms with van der Waals surface area (Å²) in [5.74, 6) is 0.385. The predicted molar refractivity (Wildman–Crippen MR) is 127 cm³/mol. The first-order chi connectivity index (χ1) is 15.7. The number of benzene rings is 3. The number of ether oxygens (including phenoxy) is 2. The first kappa shape index (κ1) is 20.4. The summed E-state index contributed by atoms with van der Waals surface area (Å²) >= 11 is 1.63. The van der Waals surface area contributed by atoms with Gasteiger partial charge in [-0.1, -0.05) is 54.2 Å². The maximum Gasteiger partial charge on any atom is 0.337 e. The van der Waals surface area contributed by atoms with Gasteiger partial charge in [0.1, 0.15) is 12.4 Å². The van der Waals surface area contributed by atoms with Gasteiger partial charge in [-0.25, -0.2) is 9.78 Å². The van der Waals surface area contributed by atoms with Gasteiger partial charge in [0.15, 0.2) is 5.16 Å². The van der Waals surface area contributed by atoms with E-state index in [1.807, 2.05) is 48.7 Å². The third-order valence-corrected chi connectivity index (χ3v) is 6.34. The Morgan fingerprint density at radius 3 is 2.78 bits per heavy atom. The first-order valence-electron chi connectivity index (χ1n) is 10.3. The lowest BCUT2D eigenvalue weighted by Gasteiger charge is -2.13. The molecule has 1 aliphatic rings. The van der Waals surface area contributed by atoms with Gasteiger partial charge in [-0.05, 0) is 53.3 Å². The van der Waals surface area contributed by atoms with Crippen LogP contribution in [-0.2, 0) is 17.9 Å². The number of nitrogens with zero attached hydrogens (tertiary/aromatic N) is 2. The van der Waals surface area contributed by atoms with E-state index < -0.39 is 0 Å². The number of thioether (sulfide) groups is 1. The van der Waals surface area contributed by atoms with Gasteiger partial charge < -0.3 is 14.0 Å². The van der Waals surface area contributed by atoms with Crippen LogP contribution in [0, 0.1) is 0 Å². The lowest BCUT2D eigenvalue weighted by Crippen LogP contribution is -2.03. The molecule has 0 atom stereocenters. The summed E-state index contributed by atoms with van der Waals surface area (Å²) in [6, 6.07) is 21.8. The molecule has 0 spiro atoms. The molecule has 2 heterocycles. The highest BCUT2D eigenvalue weighted by Crippen LogP contribution is 2.38. The summed E-state index contributed by atoms with van der Waals surface area (Å²) in [6.45, 7) is 1.12. The Kier molecular flexibility index (Phi) is 5.45. The van der Waals surface area contributed by atoms with Crippen LogP contribution < -0.4 is 4.74 Å². The highest BCUT2D eigenvalue weighted by molar-refractivity contribution is 7.98. The van der Waals surface area contributed by atoms with Gasteiger partial charge in [0.2, 0.25) is 0 Å². The van der Waals surface area contributed by atoms with E-state index in [1.165, 1.54) is 7.11 Å². The van der Waals surface area contributed by atoms with Crippen LogP contribution in [0.3, 0.4) is 0 Å². The fourth-order valence-corrected chi connectivity index (χ4v) is 4.69. The van der Waals surface area contributed by atoms with Crippen molar-refractivity contribution in [1.29, 1.82) is 0 Å². The Balaban J connectivity index is 1.68. The van der Waals surface area contributed by atoms with Crippen molar-refractivity contribution in [1.82, 2.24) is 9.55 Å². The predicted octanol–water partition coefficient (Wildman–Crippen LogP) is 5.57. The summed E-state index contributed by atoms with van der Waals surface area (Å²) in [5, 5.41) is 0.963. The molecule has 0 saturated heterocycles. The highest BCUT2D eigenvalue weighted by atomic mass is 32.2. The van der Waals surface area contributed by atoms with E-state index in [2.05, 4.69) is 28.8 Å². The Bertz CT molecular complexity index is 1360. The van der Waals surface area contributed by atoms with E-state index in [4.69, 9.17) is 14.5 Å². The number of aromatic nitrogens is 2. The average Bonchev–Trinajstić information content (AvgIpc) is 3.12. The molecule has 1 aliphatic heterocycles. The van der Waals surface area contributed by atoms with Gasteiger partial charge in [0, 0.05) is 12.1 Å². The summed E-state index contributed by atoms with van der Waals surface area (Å²) in [6.07, 6.45) is 4.23. The second-order valence-corrected chi connectivity index (χ2v) is 8.24. The first-order valence-corrected chi connectivity index (χ1v) is 11.6. The van der Waals surface area contributed by atoms with Crippen LogP contribution in [0.25, 0.3) is 16.6 Å². The summed E-state index contributed by atoms with van der Waals surface area (Å²) in [5.41, 5.74) is 6.69. The zero-order valence-corrected chi connectivity index (χ0v) is 18.7. The monoisotopic (exact) mass is 442 g/mol. The quantitative estimate of drug-likeness (QED) is 0.306. The molecule has 0 bridgehead atoms. The molecule has 0 unspecified atom stereocenters. The molecule has 1 aromatic heterocycles. The number of allylic oxidation sites excluding steroid dienone is 1. The fraction of sp³-hybridized carbons (Fsp3) is 0.154. The van der Waals surface area contributed by atoms with Gasteiger partial charge in [-0.15, -0.1) is 0 Å². The number of imidazole rings is 1. The number of para-hydroxylation sites is 2. The number of carbonyl (C=O) groups excluding carboxylic acids is 1. The van der Waals surface area contributed by atoms with Gasteiger partial charge in [-0.3, -0.25) is 0 Å². The zero-order valence-electron chi connectivity index (χ0n) is 17.9. The SMILES string of the molecule is COC(=O)c1ccc2c(c1)C(=CCn1c(SC)nc3ccccc31)c1ccccc1CO2. The van der Waals surface area contributed by atoms with Crippen molar-refractivity contribution in [3.05, 3.63) is 95.1 Å². The minimum atomic E-state index is -0.366. The molecular weight excluding hydrogens is 420 g/mol. The van der Waals surface area contributed by atoms with Crippen molar-refractivity contribution in [3.63, 3.8) is 0 Å². The average molecular weight is 443 g/mol. The Morgan fingerprint density at radius 2 is 1.94 bits per heavy atom. The molecular formula is C26H22N2O3S. The molecule has 5 rings (SSSR count). The number of fused-ring (bicyclic) bond motifs is 3. The topological polar surface area (TPSA) is 53.4 Å². The summed E-state index contributed by atoms with van der Waals surface area (Å²) < 4.78 is 13.3. The van der Waals surface area contributed by atoms with Gasteiger partial charge in [0.05, 0.1) is 23.7 Å². The lowest BCUT2D eigenvalue weighted by atomic mass is 9.93. The second-order valence-electron chi connectivity index (χ2n) is 7.46. The Labute approximate surface area is 190 Å². The smallest absolute Gasteiger partial charge is 0.337 e. The number of hydrogen-bond donors (Lipinski definition) is 0. The molecule has 4 aromatic rings. The normalized spacial score (nSPS) is 13.9. The van der Waals surface area contributed by atoms with Crippen LogP contribution in [0.15, 0.2) is 78.0 Å². The van der Waals surface area contributed by atoms with E-state index in [0.29, 0.717) is 18.7 Å². The largest absolute Gasteiger partial charge is 0.488 e. The third kappa shape index (κ3) is 3.56. The Hall–Kier alpha value is -3.51. The third-order valence-electron chi connectivity index (χ3n) is 5.66. The number of hydrogen-bond acceptors (Lipinski definition) is 5. The van der Waals surface area contributed by atoms with E-state index in [9.17, 15) is 4.79 Å². The lowest BCUT2D eigenvalue weighted by molar-refractivity contribution is 0.0600. The van der Waals surface area contributed by atoms with E-state index in [-0.39, 0.29) is 5.97 Å². The van der Waals surface area contributed by atoms with Gasteiger partial charge in [-0.2, -0.15) is 0 Å². The molecule has 32 heavy (non-hydrogen) atoms. The molecule has 6 heteroatoms. The summed E-state index contributed by atoms with van der Waals surface area (Å²) in [7, 11) is 1.39. The molecule has 5 nitrogen and oxygen atoms in total. The van der Waals surface area contributed by atoms with Crippen molar-refractivity contribution in [3.8, 4) is 5.75 Å². The molecule has 0 fully saturated rings. The molecule has 0 saturated carbocycles. The van der Waals surface area contributed by atoms with Crippen molar-refractivity contribution in [2.24, 2.45) is 0 Å². The minimum Gasteiger partial charge on any atom is -0.488 e. The second kappa shape index (κ2) is 8.55. The van der Waals surface area contributed by atoms with Crippen LogP contribution in [0.1, 0.15) is 27.0 Å². The number of esters is 1. The van der Waals surface area contributed by atoms with Crippen molar-refractivity contribution in [2.75, 3.05) is 13.4 Å². The standard InChI is InChI=1S/C26H22N2O3S/c1-30-25(29)17-11-12-24-21(15-17)20(19-8-4-3-7-18(19)16-31-24)13-14-28-23-10-6-5-9-22(23)27-26(28)32-2/h3-13,15H,14,16H2,1-2H3. The van der Waals surface area contributed by atoms with E-state index in [0.717, 1.165) is 44.2 Å². The van der Waals surface area contributed by atoms with Crippen LogP contribution in [-0.4, -0.2) is 28.9 Å². The molecule has 0 aliphatic carbocycles. The maximum atomic E-state index is 12.2. The molecule has 3 aromatic carbocycles.